The van der Waals surface area contributed by atoms with Gasteiger partial charge in [0.2, 0.25) is 5.91 Å². The van der Waals surface area contributed by atoms with Gasteiger partial charge in [-0.05, 0) is 43.9 Å². The van der Waals surface area contributed by atoms with Crippen LogP contribution in [0.4, 0.5) is 11.5 Å². The fourth-order valence-corrected chi connectivity index (χ4v) is 3.95. The Morgan fingerprint density at radius 1 is 1.17 bits per heavy atom. The fourth-order valence-electron chi connectivity index (χ4n) is 3.95. The first-order valence-electron chi connectivity index (χ1n) is 10.9. The molecule has 1 aliphatic heterocycles. The molecule has 0 saturated carbocycles. The van der Waals surface area contributed by atoms with Crippen molar-refractivity contribution in [3.63, 3.8) is 0 Å². The van der Waals surface area contributed by atoms with E-state index in [9.17, 15) is 4.79 Å². The Morgan fingerprint density at radius 3 is 2.73 bits per heavy atom. The van der Waals surface area contributed by atoms with Gasteiger partial charge < -0.3 is 14.7 Å². The van der Waals surface area contributed by atoms with Gasteiger partial charge in [0, 0.05) is 31.6 Å². The molecule has 0 radical (unpaired) electrons. The van der Waals surface area contributed by atoms with Gasteiger partial charge in [-0.3, -0.25) is 4.79 Å². The van der Waals surface area contributed by atoms with E-state index in [0.717, 1.165) is 54.9 Å². The highest BCUT2D eigenvalue weighted by Gasteiger charge is 2.21. The molecule has 158 valence electrons. The molecule has 0 spiro atoms. The van der Waals surface area contributed by atoms with E-state index >= 15 is 0 Å². The van der Waals surface area contributed by atoms with E-state index in [1.165, 1.54) is 18.4 Å². The average Bonchev–Trinajstić information content (AvgIpc) is 2.95. The lowest BCUT2D eigenvalue weighted by Crippen LogP contribution is -2.26. The summed E-state index contributed by atoms with van der Waals surface area (Å²) in [5.74, 6) is 1.47. The lowest BCUT2D eigenvalue weighted by Gasteiger charge is -2.22. The van der Waals surface area contributed by atoms with Crippen LogP contribution in [0, 0.1) is 6.92 Å². The summed E-state index contributed by atoms with van der Waals surface area (Å²) in [6, 6.07) is 7.94. The minimum absolute atomic E-state index is 0.0444. The van der Waals surface area contributed by atoms with E-state index in [1.54, 1.807) is 0 Å². The van der Waals surface area contributed by atoms with E-state index < -0.39 is 0 Å². The summed E-state index contributed by atoms with van der Waals surface area (Å²) >= 11 is 0. The number of fused-ring (bicyclic) bond motifs is 1. The van der Waals surface area contributed by atoms with E-state index in [0.29, 0.717) is 24.4 Å². The lowest BCUT2D eigenvalue weighted by atomic mass is 10.1. The molecule has 0 aliphatic carbocycles. The van der Waals surface area contributed by atoms with Crippen molar-refractivity contribution in [2.24, 2.45) is 0 Å². The van der Waals surface area contributed by atoms with Gasteiger partial charge in [0.1, 0.15) is 17.0 Å². The average molecular weight is 408 g/mol. The Labute approximate surface area is 176 Å². The van der Waals surface area contributed by atoms with Crippen LogP contribution in [-0.2, 0) is 17.6 Å². The maximum Gasteiger partial charge on any atom is 0.263 e. The van der Waals surface area contributed by atoms with Crippen LogP contribution in [0.15, 0.2) is 28.8 Å². The van der Waals surface area contributed by atoms with Crippen molar-refractivity contribution in [3.8, 4) is 0 Å². The van der Waals surface area contributed by atoms with Crippen LogP contribution in [0.5, 0.6) is 0 Å². The maximum absolute atomic E-state index is 12.5. The molecule has 1 N–H and O–H groups in total. The Balaban J connectivity index is 1.50. The standard InChI is InChI=1S/C23H29N5O2/c1-3-17-9-8-10-18(15-17)24-20(29)12-11-19-25-22(28-13-6-4-5-7-14-28)21-16(2)27-30-23(21)26-19/h8-10,15H,3-7,11-14H2,1-2H3,(H,24,29). The zero-order valence-electron chi connectivity index (χ0n) is 17.8. The number of rotatable bonds is 6. The van der Waals surface area contributed by atoms with E-state index in [4.69, 9.17) is 9.51 Å². The van der Waals surface area contributed by atoms with Gasteiger partial charge in [0.05, 0.1) is 5.69 Å². The third-order valence-electron chi connectivity index (χ3n) is 5.63. The minimum atomic E-state index is -0.0444. The van der Waals surface area contributed by atoms with Crippen LogP contribution in [-0.4, -0.2) is 34.1 Å². The van der Waals surface area contributed by atoms with Crippen LogP contribution in [0.3, 0.4) is 0 Å². The third-order valence-corrected chi connectivity index (χ3v) is 5.63. The molecule has 0 atom stereocenters. The number of aromatic nitrogens is 3. The number of carbonyl (C=O) groups excluding carboxylic acids is 1. The number of hydrogen-bond donors (Lipinski definition) is 1. The highest BCUT2D eigenvalue weighted by atomic mass is 16.5. The van der Waals surface area contributed by atoms with Crippen molar-refractivity contribution in [2.75, 3.05) is 23.3 Å². The number of amides is 1. The van der Waals surface area contributed by atoms with Crippen LogP contribution in [0.2, 0.25) is 0 Å². The Morgan fingerprint density at radius 2 is 1.97 bits per heavy atom. The normalized spacial score (nSPS) is 14.7. The van der Waals surface area contributed by atoms with Crippen molar-refractivity contribution in [3.05, 3.63) is 41.3 Å². The molecule has 1 aromatic carbocycles. The summed E-state index contributed by atoms with van der Waals surface area (Å²) in [6.07, 6.45) is 6.52. The predicted octanol–water partition coefficient (Wildman–Crippen LogP) is 4.44. The van der Waals surface area contributed by atoms with Gasteiger partial charge in [-0.1, -0.05) is 37.1 Å². The fraction of sp³-hybridized carbons (Fsp3) is 0.478. The molecular formula is C23H29N5O2. The van der Waals surface area contributed by atoms with Gasteiger partial charge in [-0.15, -0.1) is 0 Å². The quantitative estimate of drug-likeness (QED) is 0.650. The third kappa shape index (κ3) is 4.61. The topological polar surface area (TPSA) is 84.2 Å². The molecule has 0 unspecified atom stereocenters. The van der Waals surface area contributed by atoms with Crippen molar-refractivity contribution >= 4 is 28.5 Å². The number of hydrogen-bond acceptors (Lipinski definition) is 6. The van der Waals surface area contributed by atoms with E-state index in [-0.39, 0.29) is 5.91 Å². The van der Waals surface area contributed by atoms with Crippen LogP contribution < -0.4 is 10.2 Å². The van der Waals surface area contributed by atoms with Gasteiger partial charge in [0.25, 0.3) is 5.71 Å². The molecule has 0 bridgehead atoms. The number of nitrogens with one attached hydrogen (secondary N) is 1. The monoisotopic (exact) mass is 407 g/mol. The second-order valence-corrected chi connectivity index (χ2v) is 7.91. The zero-order valence-corrected chi connectivity index (χ0v) is 17.8. The second kappa shape index (κ2) is 9.24. The zero-order chi connectivity index (χ0) is 20.9. The molecular weight excluding hydrogens is 378 g/mol. The highest BCUT2D eigenvalue weighted by Crippen LogP contribution is 2.29. The second-order valence-electron chi connectivity index (χ2n) is 7.91. The van der Waals surface area contributed by atoms with Crippen molar-refractivity contribution in [1.29, 1.82) is 0 Å². The first kappa shape index (κ1) is 20.3. The summed E-state index contributed by atoms with van der Waals surface area (Å²) < 4.78 is 5.45. The summed E-state index contributed by atoms with van der Waals surface area (Å²) in [5.41, 5.74) is 3.34. The Hall–Kier alpha value is -2.96. The molecule has 3 aromatic rings. The molecule has 4 rings (SSSR count). The molecule has 1 saturated heterocycles. The van der Waals surface area contributed by atoms with Crippen LogP contribution in [0.25, 0.3) is 11.1 Å². The van der Waals surface area contributed by atoms with Crippen molar-refractivity contribution in [2.45, 2.75) is 58.8 Å². The summed E-state index contributed by atoms with van der Waals surface area (Å²) in [6.45, 7) is 5.98. The smallest absolute Gasteiger partial charge is 0.263 e. The van der Waals surface area contributed by atoms with Gasteiger partial charge in [-0.2, -0.15) is 4.98 Å². The first-order chi connectivity index (χ1) is 14.6. The minimum Gasteiger partial charge on any atom is -0.356 e. The largest absolute Gasteiger partial charge is 0.356 e. The molecule has 1 aliphatic rings. The molecule has 1 amide bonds. The summed E-state index contributed by atoms with van der Waals surface area (Å²) in [4.78, 5) is 24.2. The summed E-state index contributed by atoms with van der Waals surface area (Å²) in [5, 5.41) is 7.96. The Kier molecular flexibility index (Phi) is 6.26. The van der Waals surface area contributed by atoms with E-state index in [2.05, 4.69) is 33.3 Å². The first-order valence-corrected chi connectivity index (χ1v) is 10.9. The number of anilines is 2. The van der Waals surface area contributed by atoms with Crippen molar-refractivity contribution in [1.82, 2.24) is 15.1 Å². The SMILES string of the molecule is CCc1cccc(NC(=O)CCc2nc(N3CCCCCC3)c3c(C)noc3n2)c1. The van der Waals surface area contributed by atoms with Gasteiger partial charge >= 0.3 is 0 Å². The van der Waals surface area contributed by atoms with Gasteiger partial charge in [-0.25, -0.2) is 4.98 Å². The molecule has 7 heteroatoms. The van der Waals surface area contributed by atoms with Crippen LogP contribution >= 0.6 is 0 Å². The summed E-state index contributed by atoms with van der Waals surface area (Å²) in [7, 11) is 0. The molecule has 7 nitrogen and oxygen atoms in total. The molecule has 30 heavy (non-hydrogen) atoms. The molecule has 1 fully saturated rings. The highest BCUT2D eigenvalue weighted by molar-refractivity contribution is 5.91. The predicted molar refractivity (Wildman–Crippen MR) is 118 cm³/mol. The van der Waals surface area contributed by atoms with Crippen molar-refractivity contribution < 1.29 is 9.32 Å². The number of carbonyl (C=O) groups is 1. The lowest BCUT2D eigenvalue weighted by molar-refractivity contribution is -0.116. The van der Waals surface area contributed by atoms with Crippen LogP contribution in [0.1, 0.15) is 56.1 Å². The molecule has 3 heterocycles. The molecule has 2 aromatic heterocycles. The number of nitrogens with zero attached hydrogens (tertiary/aromatic N) is 4. The van der Waals surface area contributed by atoms with E-state index in [1.807, 2.05) is 25.1 Å². The number of benzene rings is 1. The van der Waals surface area contributed by atoms with Gasteiger partial charge in [0.15, 0.2) is 0 Å². The number of aryl methyl sites for hydroxylation is 3. The maximum atomic E-state index is 12.5. The Bertz CT molecular complexity index is 1020.